The van der Waals surface area contributed by atoms with Crippen LogP contribution in [0.25, 0.3) is 5.69 Å². The standard InChI is InChI=1S/C11H8N3.Ir/c1-9-10(7-12)8-13-14(9)11-5-3-2-4-6-11;/h2-5,8H,1H3;/q-1;. The van der Waals surface area contributed by atoms with E-state index in [0.29, 0.717) is 5.56 Å². The molecule has 0 amide bonds. The first kappa shape index (κ1) is 11.6. The Kier molecular flexibility index (Phi) is 3.79. The van der Waals surface area contributed by atoms with Crippen LogP contribution in [0.4, 0.5) is 0 Å². The summed E-state index contributed by atoms with van der Waals surface area (Å²) >= 11 is 0. The Bertz CT molecular complexity index is 482. The van der Waals surface area contributed by atoms with Crippen molar-refractivity contribution in [2.24, 2.45) is 0 Å². The summed E-state index contributed by atoms with van der Waals surface area (Å²) in [5.74, 6) is 0. The van der Waals surface area contributed by atoms with Crippen molar-refractivity contribution in [3.8, 4) is 11.8 Å². The van der Waals surface area contributed by atoms with Gasteiger partial charge in [-0.25, -0.2) is 0 Å². The molecule has 1 aromatic carbocycles. The molecule has 0 spiro atoms. The van der Waals surface area contributed by atoms with E-state index in [-0.39, 0.29) is 20.1 Å². The van der Waals surface area contributed by atoms with Crippen molar-refractivity contribution in [3.63, 3.8) is 0 Å². The van der Waals surface area contributed by atoms with Gasteiger partial charge in [-0.3, -0.25) is 4.68 Å². The molecule has 0 aliphatic heterocycles. The molecule has 2 rings (SSSR count). The quantitative estimate of drug-likeness (QED) is 0.715. The monoisotopic (exact) mass is 375 g/mol. The van der Waals surface area contributed by atoms with Crippen LogP contribution in [0.5, 0.6) is 0 Å². The summed E-state index contributed by atoms with van der Waals surface area (Å²) in [7, 11) is 0. The van der Waals surface area contributed by atoms with Gasteiger partial charge in [-0.15, -0.1) is 6.07 Å². The second-order valence-corrected chi connectivity index (χ2v) is 2.92. The number of rotatable bonds is 1. The Balaban J connectivity index is 0.00000112. The van der Waals surface area contributed by atoms with E-state index < -0.39 is 0 Å². The molecule has 77 valence electrons. The predicted molar refractivity (Wildman–Crippen MR) is 51.9 cm³/mol. The Labute approximate surface area is 102 Å². The minimum atomic E-state index is 0. The van der Waals surface area contributed by atoms with Crippen LogP contribution in [-0.2, 0) is 20.1 Å². The molecule has 0 N–H and O–H groups in total. The van der Waals surface area contributed by atoms with Gasteiger partial charge in [-0.2, -0.15) is 34.6 Å². The molecule has 15 heavy (non-hydrogen) atoms. The predicted octanol–water partition coefficient (Wildman–Crippen LogP) is 1.85. The molecule has 1 heterocycles. The average Bonchev–Trinajstić information content (AvgIpc) is 2.61. The van der Waals surface area contributed by atoms with E-state index >= 15 is 0 Å². The van der Waals surface area contributed by atoms with Crippen molar-refractivity contribution in [2.45, 2.75) is 6.92 Å². The number of para-hydroxylation sites is 1. The molecule has 1 radical (unpaired) electrons. The Morgan fingerprint density at radius 1 is 1.47 bits per heavy atom. The number of benzene rings is 1. The number of nitrogens with zero attached hydrogens (tertiary/aromatic N) is 3. The molecule has 0 aliphatic carbocycles. The van der Waals surface area contributed by atoms with Crippen LogP contribution in [0.15, 0.2) is 30.5 Å². The molecular weight excluding hydrogens is 366 g/mol. The molecule has 2 aromatic rings. The van der Waals surface area contributed by atoms with Gasteiger partial charge in [0.2, 0.25) is 0 Å². The van der Waals surface area contributed by atoms with E-state index in [4.69, 9.17) is 5.26 Å². The van der Waals surface area contributed by atoms with Crippen LogP contribution >= 0.6 is 0 Å². The maximum atomic E-state index is 8.77. The van der Waals surface area contributed by atoms with Crippen LogP contribution in [0, 0.1) is 24.3 Å². The van der Waals surface area contributed by atoms with Crippen LogP contribution in [0.3, 0.4) is 0 Å². The fraction of sp³-hybridized carbons (Fsp3) is 0.0909. The van der Waals surface area contributed by atoms with Gasteiger partial charge in [-0.1, -0.05) is 0 Å². The summed E-state index contributed by atoms with van der Waals surface area (Å²) in [4.78, 5) is 0. The van der Waals surface area contributed by atoms with Gasteiger partial charge in [0.05, 0.1) is 17.5 Å². The molecular formula is C11H8IrN3-. The van der Waals surface area contributed by atoms with Gasteiger partial charge in [0, 0.05) is 20.1 Å². The van der Waals surface area contributed by atoms with E-state index in [0.717, 1.165) is 11.4 Å². The van der Waals surface area contributed by atoms with Crippen molar-refractivity contribution < 1.29 is 20.1 Å². The molecule has 0 fully saturated rings. The average molecular weight is 374 g/mol. The maximum absolute atomic E-state index is 8.77. The third-order valence-electron chi connectivity index (χ3n) is 2.05. The summed E-state index contributed by atoms with van der Waals surface area (Å²) in [5, 5.41) is 12.9. The van der Waals surface area contributed by atoms with E-state index in [1.54, 1.807) is 10.9 Å². The van der Waals surface area contributed by atoms with Gasteiger partial charge in [0.15, 0.2) is 0 Å². The van der Waals surface area contributed by atoms with E-state index in [1.165, 1.54) is 0 Å². The third kappa shape index (κ3) is 2.15. The van der Waals surface area contributed by atoms with E-state index in [9.17, 15) is 0 Å². The maximum Gasteiger partial charge on any atom is 0.103 e. The van der Waals surface area contributed by atoms with Gasteiger partial charge >= 0.3 is 0 Å². The fourth-order valence-corrected chi connectivity index (χ4v) is 1.28. The minimum absolute atomic E-state index is 0. The first-order valence-electron chi connectivity index (χ1n) is 4.25. The minimum Gasteiger partial charge on any atom is -0.261 e. The van der Waals surface area contributed by atoms with Gasteiger partial charge < -0.3 is 0 Å². The smallest absolute Gasteiger partial charge is 0.103 e. The summed E-state index contributed by atoms with van der Waals surface area (Å²) in [6, 6.07) is 12.7. The SMILES string of the molecule is Cc1c(C#N)cnn1-c1[c-]cccc1.[Ir]. The molecule has 0 saturated heterocycles. The summed E-state index contributed by atoms with van der Waals surface area (Å²) < 4.78 is 1.71. The van der Waals surface area contributed by atoms with Crippen molar-refractivity contribution >= 4 is 0 Å². The van der Waals surface area contributed by atoms with Gasteiger partial charge in [0.25, 0.3) is 0 Å². The van der Waals surface area contributed by atoms with Crippen molar-refractivity contribution in [1.29, 1.82) is 5.26 Å². The van der Waals surface area contributed by atoms with Crippen LogP contribution < -0.4 is 0 Å². The van der Waals surface area contributed by atoms with Crippen molar-refractivity contribution in [1.82, 2.24) is 9.78 Å². The summed E-state index contributed by atoms with van der Waals surface area (Å²) in [6.45, 7) is 1.87. The van der Waals surface area contributed by atoms with E-state index in [1.807, 2.05) is 31.2 Å². The first-order chi connectivity index (χ1) is 6.83. The summed E-state index contributed by atoms with van der Waals surface area (Å²) in [6.07, 6.45) is 1.57. The fourth-order valence-electron chi connectivity index (χ4n) is 1.28. The molecule has 3 nitrogen and oxygen atoms in total. The number of nitriles is 1. The molecule has 0 unspecified atom stereocenters. The Morgan fingerprint density at radius 2 is 2.27 bits per heavy atom. The van der Waals surface area contributed by atoms with Crippen LogP contribution in [0.1, 0.15) is 11.3 Å². The molecule has 0 bridgehead atoms. The van der Waals surface area contributed by atoms with Crippen molar-refractivity contribution in [3.05, 3.63) is 47.8 Å². The van der Waals surface area contributed by atoms with Gasteiger partial charge in [0.1, 0.15) is 6.07 Å². The largest absolute Gasteiger partial charge is 0.261 e. The molecule has 0 aliphatic rings. The zero-order chi connectivity index (χ0) is 9.97. The molecule has 0 saturated carbocycles. The third-order valence-corrected chi connectivity index (χ3v) is 2.05. The van der Waals surface area contributed by atoms with Crippen LogP contribution in [0.2, 0.25) is 0 Å². The summed E-state index contributed by atoms with van der Waals surface area (Å²) in [5.41, 5.74) is 2.30. The second kappa shape index (κ2) is 4.88. The van der Waals surface area contributed by atoms with Gasteiger partial charge in [-0.05, 0) is 12.6 Å². The zero-order valence-corrected chi connectivity index (χ0v) is 10.5. The van der Waals surface area contributed by atoms with Crippen LogP contribution in [-0.4, -0.2) is 9.78 Å². The zero-order valence-electron chi connectivity index (χ0n) is 8.06. The topological polar surface area (TPSA) is 41.6 Å². The normalized spacial score (nSPS) is 9.07. The van der Waals surface area contributed by atoms with Crippen molar-refractivity contribution in [2.75, 3.05) is 0 Å². The molecule has 1 aromatic heterocycles. The number of aromatic nitrogens is 2. The number of hydrogen-bond donors (Lipinski definition) is 0. The molecule has 4 heteroatoms. The molecule has 0 atom stereocenters. The number of hydrogen-bond acceptors (Lipinski definition) is 2. The Morgan fingerprint density at radius 3 is 2.80 bits per heavy atom. The Hall–Kier alpha value is -1.43. The second-order valence-electron chi connectivity index (χ2n) is 2.92. The van der Waals surface area contributed by atoms with E-state index in [2.05, 4.69) is 17.2 Å². The first-order valence-corrected chi connectivity index (χ1v) is 4.25.